The summed E-state index contributed by atoms with van der Waals surface area (Å²) in [5.74, 6) is -0.920. The molecule has 1 fully saturated rings. The van der Waals surface area contributed by atoms with E-state index in [1.54, 1.807) is 0 Å². The van der Waals surface area contributed by atoms with Gasteiger partial charge in [0, 0.05) is 42.5 Å². The Morgan fingerprint density at radius 3 is 1.34 bits per heavy atom. The molecule has 6 nitrogen and oxygen atoms in total. The summed E-state index contributed by atoms with van der Waals surface area (Å²) in [4.78, 5) is 39.3. The van der Waals surface area contributed by atoms with Gasteiger partial charge in [0.15, 0.2) is 11.6 Å². The molecule has 6 heteroatoms. The highest BCUT2D eigenvalue weighted by Crippen LogP contribution is 2.27. The Morgan fingerprint density at radius 1 is 0.714 bits per heavy atom. The maximum atomic E-state index is 12.7. The molecule has 0 bridgehead atoms. The number of Topliss-reactive ketones (excluding diaryl/α,β-unsaturated/α-hetero) is 2. The van der Waals surface area contributed by atoms with Crippen LogP contribution in [-0.4, -0.2) is 48.2 Å². The van der Waals surface area contributed by atoms with Gasteiger partial charge in [0.1, 0.15) is 0 Å². The molecular weight excluding hydrogens is 436 g/mol. The molecule has 0 aliphatic heterocycles. The van der Waals surface area contributed by atoms with Gasteiger partial charge in [-0.1, -0.05) is 6.92 Å². The number of carbonyl (C=O) groups is 2. The largest absolute Gasteiger partial charge is 0.369 e. The Bertz CT molecular complexity index is 1010. The Balaban J connectivity index is 1.87. The lowest BCUT2D eigenvalue weighted by atomic mass is 9.84. The number of ketones is 2. The van der Waals surface area contributed by atoms with Crippen molar-refractivity contribution in [2.24, 2.45) is 15.9 Å². The van der Waals surface area contributed by atoms with Crippen LogP contribution in [0.5, 0.6) is 0 Å². The highest BCUT2D eigenvalue weighted by Gasteiger charge is 2.35. The summed E-state index contributed by atoms with van der Waals surface area (Å²) in [6.07, 6.45) is -0.188. The van der Waals surface area contributed by atoms with E-state index < -0.39 is 5.92 Å². The number of hydrogen-bond donors (Lipinski definition) is 0. The SMILES string of the molecule is CCN(c1ccc(N=C2C(=O)CC(=O)C(=Nc3ccc(N(CC)C(C)C)cc3)C2C)cc1)C(C)C. The number of nitrogens with zero attached hydrogens (tertiary/aromatic N) is 4. The molecule has 1 aliphatic carbocycles. The van der Waals surface area contributed by atoms with Crippen LogP contribution in [0.3, 0.4) is 0 Å². The average Bonchev–Trinajstić information content (AvgIpc) is 2.82. The van der Waals surface area contributed by atoms with Crippen molar-refractivity contribution in [3.8, 4) is 0 Å². The van der Waals surface area contributed by atoms with Gasteiger partial charge >= 0.3 is 0 Å². The molecule has 0 radical (unpaired) electrons. The smallest absolute Gasteiger partial charge is 0.185 e. The normalized spacial score (nSPS) is 18.7. The predicted molar refractivity (Wildman–Crippen MR) is 147 cm³/mol. The molecule has 0 unspecified atom stereocenters. The summed E-state index contributed by atoms with van der Waals surface area (Å²) in [5, 5.41) is 0. The number of rotatable bonds is 8. The Labute approximate surface area is 209 Å². The second-order valence-electron chi connectivity index (χ2n) is 9.53. The van der Waals surface area contributed by atoms with Crippen LogP contribution in [0.25, 0.3) is 0 Å². The van der Waals surface area contributed by atoms with E-state index in [-0.39, 0.29) is 18.0 Å². The minimum Gasteiger partial charge on any atom is -0.369 e. The molecule has 0 aromatic heterocycles. The monoisotopic (exact) mass is 474 g/mol. The van der Waals surface area contributed by atoms with Crippen molar-refractivity contribution >= 4 is 45.7 Å². The first kappa shape index (κ1) is 26.3. The van der Waals surface area contributed by atoms with Crippen LogP contribution in [0.4, 0.5) is 22.7 Å². The van der Waals surface area contributed by atoms with Crippen molar-refractivity contribution in [1.29, 1.82) is 0 Å². The molecular formula is C29H38N4O2. The van der Waals surface area contributed by atoms with E-state index in [9.17, 15) is 9.59 Å². The van der Waals surface area contributed by atoms with Crippen LogP contribution >= 0.6 is 0 Å². The van der Waals surface area contributed by atoms with Gasteiger partial charge in [-0.15, -0.1) is 0 Å². The van der Waals surface area contributed by atoms with Gasteiger partial charge in [0.05, 0.1) is 29.2 Å². The molecule has 0 spiro atoms. The molecule has 0 saturated heterocycles. The van der Waals surface area contributed by atoms with Crippen molar-refractivity contribution in [2.45, 2.75) is 67.0 Å². The highest BCUT2D eigenvalue weighted by molar-refractivity contribution is 6.62. The summed E-state index contributed by atoms with van der Waals surface area (Å²) in [6.45, 7) is 16.6. The first-order valence-corrected chi connectivity index (χ1v) is 12.6. The van der Waals surface area contributed by atoms with E-state index in [0.29, 0.717) is 34.9 Å². The quantitative estimate of drug-likeness (QED) is 0.429. The van der Waals surface area contributed by atoms with Crippen LogP contribution < -0.4 is 9.80 Å². The predicted octanol–water partition coefficient (Wildman–Crippen LogP) is 6.18. The van der Waals surface area contributed by atoms with Crippen LogP contribution in [-0.2, 0) is 9.59 Å². The Kier molecular flexibility index (Phi) is 8.60. The molecule has 1 saturated carbocycles. The van der Waals surface area contributed by atoms with Crippen molar-refractivity contribution in [1.82, 2.24) is 0 Å². The summed E-state index contributed by atoms with van der Waals surface area (Å²) in [5.41, 5.74) is 4.43. The van der Waals surface area contributed by atoms with Gasteiger partial charge in [0.25, 0.3) is 0 Å². The van der Waals surface area contributed by atoms with Gasteiger partial charge < -0.3 is 9.80 Å². The lowest BCUT2D eigenvalue weighted by Gasteiger charge is -2.27. The number of benzene rings is 2. The van der Waals surface area contributed by atoms with E-state index in [1.807, 2.05) is 55.5 Å². The van der Waals surface area contributed by atoms with E-state index in [1.165, 1.54) is 0 Å². The fourth-order valence-corrected chi connectivity index (χ4v) is 4.66. The molecule has 2 aromatic rings. The van der Waals surface area contributed by atoms with Crippen LogP contribution in [0.2, 0.25) is 0 Å². The van der Waals surface area contributed by atoms with Crippen LogP contribution in [0.1, 0.15) is 54.9 Å². The minimum atomic E-state index is -0.464. The summed E-state index contributed by atoms with van der Waals surface area (Å²) < 4.78 is 0. The number of hydrogen-bond acceptors (Lipinski definition) is 6. The van der Waals surface area contributed by atoms with E-state index in [2.05, 4.69) is 61.3 Å². The second-order valence-corrected chi connectivity index (χ2v) is 9.53. The maximum Gasteiger partial charge on any atom is 0.185 e. The van der Waals surface area contributed by atoms with Crippen molar-refractivity contribution in [3.63, 3.8) is 0 Å². The molecule has 186 valence electrons. The van der Waals surface area contributed by atoms with Crippen LogP contribution in [0.15, 0.2) is 58.5 Å². The lowest BCUT2D eigenvalue weighted by Crippen LogP contribution is -2.40. The zero-order valence-corrected chi connectivity index (χ0v) is 22.1. The molecule has 35 heavy (non-hydrogen) atoms. The summed E-state index contributed by atoms with van der Waals surface area (Å²) >= 11 is 0. The van der Waals surface area contributed by atoms with E-state index >= 15 is 0 Å². The van der Waals surface area contributed by atoms with Crippen LogP contribution in [0, 0.1) is 5.92 Å². The molecule has 0 atom stereocenters. The summed E-state index contributed by atoms with van der Waals surface area (Å²) in [7, 11) is 0. The van der Waals surface area contributed by atoms with Crippen molar-refractivity contribution in [3.05, 3.63) is 48.5 Å². The highest BCUT2D eigenvalue weighted by atomic mass is 16.2. The standard InChI is InChI=1S/C29H38N4O2/c1-8-32(19(3)4)24-14-10-22(11-15-24)30-28-21(7)29(27(35)18-26(28)34)31-23-12-16-25(17-13-23)33(9-2)20(5)6/h10-17,19-21H,8-9,18H2,1-7H3. The first-order valence-electron chi connectivity index (χ1n) is 12.6. The average molecular weight is 475 g/mol. The van der Waals surface area contributed by atoms with Crippen molar-refractivity contribution < 1.29 is 9.59 Å². The topological polar surface area (TPSA) is 65.3 Å². The van der Waals surface area contributed by atoms with Gasteiger partial charge in [-0.2, -0.15) is 0 Å². The molecule has 3 rings (SSSR count). The van der Waals surface area contributed by atoms with E-state index in [4.69, 9.17) is 0 Å². The molecule has 0 amide bonds. The second kappa shape index (κ2) is 11.4. The molecule has 2 aromatic carbocycles. The Morgan fingerprint density at radius 2 is 1.06 bits per heavy atom. The minimum absolute atomic E-state index is 0.188. The van der Waals surface area contributed by atoms with E-state index in [0.717, 1.165) is 24.5 Å². The van der Waals surface area contributed by atoms with Gasteiger partial charge in [-0.25, -0.2) is 9.98 Å². The Hall–Kier alpha value is -3.28. The fourth-order valence-electron chi connectivity index (χ4n) is 4.66. The number of anilines is 2. The van der Waals surface area contributed by atoms with Gasteiger partial charge in [0.2, 0.25) is 0 Å². The number of aliphatic imine (C=N–C) groups is 2. The molecule has 1 aliphatic rings. The van der Waals surface area contributed by atoms with Gasteiger partial charge in [-0.3, -0.25) is 9.59 Å². The van der Waals surface area contributed by atoms with Gasteiger partial charge in [-0.05, 0) is 90.1 Å². The van der Waals surface area contributed by atoms with Crippen molar-refractivity contribution in [2.75, 3.05) is 22.9 Å². The zero-order valence-electron chi connectivity index (χ0n) is 22.1. The lowest BCUT2D eigenvalue weighted by molar-refractivity contribution is -0.120. The zero-order chi connectivity index (χ0) is 25.7. The maximum absolute atomic E-state index is 12.7. The molecule has 0 N–H and O–H groups in total. The third kappa shape index (κ3) is 6.05. The third-order valence-corrected chi connectivity index (χ3v) is 6.50. The summed E-state index contributed by atoms with van der Waals surface area (Å²) in [6, 6.07) is 16.6. The third-order valence-electron chi connectivity index (χ3n) is 6.50. The first-order chi connectivity index (χ1) is 16.7. The number of carbonyl (C=O) groups excluding carboxylic acids is 2. The molecule has 0 heterocycles. The fraction of sp³-hybridized carbons (Fsp3) is 0.448.